The molecule has 1 unspecified atom stereocenters. The Morgan fingerprint density at radius 3 is 2.23 bits per heavy atom. The molecule has 1 aromatic rings. The molecule has 1 aromatic carbocycles. The lowest BCUT2D eigenvalue weighted by atomic mass is 10.00. The van der Waals surface area contributed by atoms with Crippen LogP contribution in [0.25, 0.3) is 0 Å². The summed E-state index contributed by atoms with van der Waals surface area (Å²) in [5.74, 6) is 1.68. The molecule has 0 heterocycles. The molecule has 0 aliphatic rings. The number of nitrogens with zero attached hydrogens (tertiary/aromatic N) is 1. The second-order valence-electron chi connectivity index (χ2n) is 6.74. The van der Waals surface area contributed by atoms with Gasteiger partial charge in [-0.15, -0.1) is 0 Å². The molecule has 1 atom stereocenters. The Labute approximate surface area is 137 Å². The second kappa shape index (κ2) is 9.55. The van der Waals surface area contributed by atoms with E-state index < -0.39 is 0 Å². The first-order chi connectivity index (χ1) is 10.4. The average molecular weight is 303 g/mol. The van der Waals surface area contributed by atoms with Crippen LogP contribution in [0, 0.1) is 5.92 Å². The van der Waals surface area contributed by atoms with Crippen LogP contribution in [0.1, 0.15) is 53.9 Å². The maximum absolute atomic E-state index is 5.25. The second-order valence-corrected chi connectivity index (χ2v) is 6.74. The van der Waals surface area contributed by atoms with Gasteiger partial charge in [-0.05, 0) is 77.1 Å². The van der Waals surface area contributed by atoms with Crippen molar-refractivity contribution in [3.63, 3.8) is 0 Å². The minimum Gasteiger partial charge on any atom is -0.497 e. The molecule has 0 aliphatic heterocycles. The lowest BCUT2D eigenvalue weighted by molar-refractivity contribution is 0.414. The molecule has 124 valence electrons. The van der Waals surface area contributed by atoms with Gasteiger partial charge in [-0.2, -0.15) is 0 Å². The Kier molecular flexibility index (Phi) is 8.08. The Balaban J connectivity index is 2.55. The molecule has 0 radical (unpaired) electrons. The number of hydrogen-bond donors (Lipinski definition) is 0. The summed E-state index contributed by atoms with van der Waals surface area (Å²) in [4.78, 5) is 2.48. The van der Waals surface area contributed by atoms with Crippen LogP contribution < -0.4 is 9.64 Å². The van der Waals surface area contributed by atoms with Crippen molar-refractivity contribution in [2.24, 2.45) is 5.92 Å². The fourth-order valence-electron chi connectivity index (χ4n) is 2.62. The van der Waals surface area contributed by atoms with Gasteiger partial charge in [0.15, 0.2) is 0 Å². The minimum atomic E-state index is 0.512. The summed E-state index contributed by atoms with van der Waals surface area (Å²) >= 11 is 0. The lowest BCUT2D eigenvalue weighted by Crippen LogP contribution is -2.32. The predicted molar refractivity (Wildman–Crippen MR) is 97.9 cm³/mol. The predicted octanol–water partition coefficient (Wildman–Crippen LogP) is 5.68. The summed E-state index contributed by atoms with van der Waals surface area (Å²) in [5, 5.41) is 0. The molecule has 0 saturated carbocycles. The fourth-order valence-corrected chi connectivity index (χ4v) is 2.62. The van der Waals surface area contributed by atoms with Gasteiger partial charge in [0.05, 0.1) is 7.11 Å². The van der Waals surface area contributed by atoms with Crippen molar-refractivity contribution < 1.29 is 4.74 Å². The Morgan fingerprint density at radius 1 is 1.09 bits per heavy atom. The van der Waals surface area contributed by atoms with Crippen LogP contribution in [-0.2, 0) is 0 Å². The third kappa shape index (κ3) is 6.55. The molecule has 0 aliphatic carbocycles. The largest absolute Gasteiger partial charge is 0.497 e. The van der Waals surface area contributed by atoms with E-state index in [1.165, 1.54) is 30.5 Å². The Bertz CT molecular complexity index is 443. The van der Waals surface area contributed by atoms with Gasteiger partial charge < -0.3 is 9.64 Å². The highest BCUT2D eigenvalue weighted by Gasteiger charge is 2.12. The van der Waals surface area contributed by atoms with Crippen LogP contribution >= 0.6 is 0 Å². The van der Waals surface area contributed by atoms with Gasteiger partial charge >= 0.3 is 0 Å². The van der Waals surface area contributed by atoms with Crippen molar-refractivity contribution in [1.82, 2.24) is 0 Å². The normalized spacial score (nSPS) is 12.1. The van der Waals surface area contributed by atoms with Crippen LogP contribution in [-0.4, -0.2) is 19.7 Å². The first-order valence-electron chi connectivity index (χ1n) is 8.48. The summed E-state index contributed by atoms with van der Waals surface area (Å²) in [6.45, 7) is 12.4. The van der Waals surface area contributed by atoms with Crippen LogP contribution in [0.2, 0.25) is 0 Å². The number of rotatable bonds is 9. The summed E-state index contributed by atoms with van der Waals surface area (Å²) in [5.41, 5.74) is 2.71. The summed E-state index contributed by atoms with van der Waals surface area (Å²) < 4.78 is 5.25. The quantitative estimate of drug-likeness (QED) is 0.544. The van der Waals surface area contributed by atoms with E-state index in [2.05, 4.69) is 57.7 Å². The first kappa shape index (κ1) is 18.6. The molecule has 2 heteroatoms. The van der Waals surface area contributed by atoms with Crippen LogP contribution in [0.15, 0.2) is 35.9 Å². The van der Waals surface area contributed by atoms with Crippen molar-refractivity contribution in [3.05, 3.63) is 35.9 Å². The van der Waals surface area contributed by atoms with Gasteiger partial charge in [0.1, 0.15) is 5.75 Å². The minimum absolute atomic E-state index is 0.512. The van der Waals surface area contributed by atoms with E-state index in [9.17, 15) is 0 Å². The molecule has 1 rings (SSSR count). The lowest BCUT2D eigenvalue weighted by Gasteiger charge is -2.30. The smallest absolute Gasteiger partial charge is 0.119 e. The van der Waals surface area contributed by atoms with E-state index in [0.717, 1.165) is 18.2 Å². The third-order valence-electron chi connectivity index (χ3n) is 4.10. The first-order valence-corrected chi connectivity index (χ1v) is 8.48. The topological polar surface area (TPSA) is 12.5 Å². The van der Waals surface area contributed by atoms with E-state index in [1.807, 2.05) is 12.1 Å². The number of benzene rings is 1. The van der Waals surface area contributed by atoms with Crippen LogP contribution in [0.5, 0.6) is 5.75 Å². The highest BCUT2D eigenvalue weighted by Crippen LogP contribution is 2.23. The van der Waals surface area contributed by atoms with Gasteiger partial charge in [-0.3, -0.25) is 0 Å². The van der Waals surface area contributed by atoms with Gasteiger partial charge in [0.2, 0.25) is 0 Å². The SMILES string of the molecule is COc1ccc(N(CCC(C)CCC=C(C)C)C(C)C)cc1. The molecule has 0 aromatic heterocycles. The number of hydrogen-bond acceptors (Lipinski definition) is 2. The maximum Gasteiger partial charge on any atom is 0.119 e. The summed E-state index contributed by atoms with van der Waals surface area (Å²) in [6, 6.07) is 8.92. The van der Waals surface area contributed by atoms with Gasteiger partial charge in [-0.1, -0.05) is 18.6 Å². The van der Waals surface area contributed by atoms with E-state index >= 15 is 0 Å². The number of methoxy groups -OCH3 is 1. The van der Waals surface area contributed by atoms with E-state index in [1.54, 1.807) is 7.11 Å². The number of anilines is 1. The summed E-state index contributed by atoms with van der Waals surface area (Å²) in [6.07, 6.45) is 6.06. The zero-order valence-electron chi connectivity index (χ0n) is 15.2. The highest BCUT2D eigenvalue weighted by atomic mass is 16.5. The monoisotopic (exact) mass is 303 g/mol. The highest BCUT2D eigenvalue weighted by molar-refractivity contribution is 5.49. The molecular formula is C20H33NO. The van der Waals surface area contributed by atoms with Crippen molar-refractivity contribution in [3.8, 4) is 5.75 Å². The Morgan fingerprint density at radius 2 is 1.73 bits per heavy atom. The zero-order chi connectivity index (χ0) is 16.5. The van der Waals surface area contributed by atoms with Crippen LogP contribution in [0.3, 0.4) is 0 Å². The fraction of sp³-hybridized carbons (Fsp3) is 0.600. The van der Waals surface area contributed by atoms with Gasteiger partial charge in [0, 0.05) is 18.3 Å². The molecule has 0 bridgehead atoms. The average Bonchev–Trinajstić information content (AvgIpc) is 2.47. The molecular weight excluding hydrogens is 270 g/mol. The number of allylic oxidation sites excluding steroid dienone is 2. The third-order valence-corrected chi connectivity index (χ3v) is 4.10. The van der Waals surface area contributed by atoms with Crippen molar-refractivity contribution in [2.75, 3.05) is 18.6 Å². The van der Waals surface area contributed by atoms with Crippen LogP contribution in [0.4, 0.5) is 5.69 Å². The van der Waals surface area contributed by atoms with E-state index in [-0.39, 0.29) is 0 Å². The van der Waals surface area contributed by atoms with Crippen molar-refractivity contribution in [2.45, 2.75) is 59.9 Å². The molecule has 2 nitrogen and oxygen atoms in total. The number of ether oxygens (including phenoxy) is 1. The van der Waals surface area contributed by atoms with Crippen molar-refractivity contribution in [1.29, 1.82) is 0 Å². The standard InChI is InChI=1S/C20H33NO/c1-16(2)8-7-9-18(5)14-15-21(17(3)4)19-10-12-20(22-6)13-11-19/h8,10-13,17-18H,7,9,14-15H2,1-6H3. The molecule has 0 N–H and O–H groups in total. The maximum atomic E-state index is 5.25. The molecule has 0 fully saturated rings. The molecule has 0 amide bonds. The molecule has 0 spiro atoms. The Hall–Kier alpha value is -1.44. The van der Waals surface area contributed by atoms with E-state index in [4.69, 9.17) is 4.74 Å². The molecule has 22 heavy (non-hydrogen) atoms. The zero-order valence-corrected chi connectivity index (χ0v) is 15.2. The van der Waals surface area contributed by atoms with Gasteiger partial charge in [-0.25, -0.2) is 0 Å². The van der Waals surface area contributed by atoms with Gasteiger partial charge in [0.25, 0.3) is 0 Å². The molecule has 0 saturated heterocycles. The summed E-state index contributed by atoms with van der Waals surface area (Å²) in [7, 11) is 1.71. The van der Waals surface area contributed by atoms with Crippen molar-refractivity contribution >= 4 is 5.69 Å². The van der Waals surface area contributed by atoms with E-state index in [0.29, 0.717) is 6.04 Å².